The van der Waals surface area contributed by atoms with Crippen LogP contribution in [0.5, 0.6) is 5.75 Å². The molecular formula is C16H21ClFNO. The molecule has 2 heterocycles. The Morgan fingerprint density at radius 1 is 1.50 bits per heavy atom. The van der Waals surface area contributed by atoms with Gasteiger partial charge in [-0.25, -0.2) is 4.39 Å². The third-order valence-corrected chi connectivity index (χ3v) is 4.73. The zero-order valence-electron chi connectivity index (χ0n) is 11.8. The molecule has 1 aromatic rings. The molecule has 0 aliphatic carbocycles. The monoisotopic (exact) mass is 297 g/mol. The fraction of sp³-hybridized carbons (Fsp3) is 0.625. The van der Waals surface area contributed by atoms with Gasteiger partial charge in [-0.15, -0.1) is 0 Å². The average Bonchev–Trinajstić information content (AvgIpc) is 2.87. The summed E-state index contributed by atoms with van der Waals surface area (Å²) in [6, 6.07) is 3.80. The van der Waals surface area contributed by atoms with E-state index in [2.05, 4.69) is 5.32 Å². The average molecular weight is 298 g/mol. The number of halogens is 2. The van der Waals surface area contributed by atoms with Crippen LogP contribution in [0.25, 0.3) is 0 Å². The van der Waals surface area contributed by atoms with E-state index in [1.807, 2.05) is 12.1 Å². The van der Waals surface area contributed by atoms with Crippen molar-refractivity contribution in [1.82, 2.24) is 5.32 Å². The molecule has 2 aliphatic rings. The minimum atomic E-state index is -1.22. The van der Waals surface area contributed by atoms with E-state index in [0.717, 1.165) is 49.2 Å². The Kier molecular flexibility index (Phi) is 3.91. The van der Waals surface area contributed by atoms with Gasteiger partial charge in [0.25, 0.3) is 0 Å². The highest BCUT2D eigenvalue weighted by Crippen LogP contribution is 2.38. The van der Waals surface area contributed by atoms with E-state index in [0.29, 0.717) is 18.1 Å². The van der Waals surface area contributed by atoms with Crippen LogP contribution in [-0.2, 0) is 12.8 Å². The molecule has 2 nitrogen and oxygen atoms in total. The molecule has 0 bridgehead atoms. The first kappa shape index (κ1) is 14.2. The van der Waals surface area contributed by atoms with Gasteiger partial charge in [-0.1, -0.05) is 11.6 Å². The Hall–Kier alpha value is -0.800. The normalized spacial score (nSPS) is 24.9. The predicted molar refractivity (Wildman–Crippen MR) is 79.5 cm³/mol. The molecule has 0 radical (unpaired) electrons. The van der Waals surface area contributed by atoms with E-state index >= 15 is 4.39 Å². The molecular weight excluding hydrogens is 277 g/mol. The first-order valence-electron chi connectivity index (χ1n) is 7.40. The van der Waals surface area contributed by atoms with Gasteiger partial charge in [0, 0.05) is 30.3 Å². The number of nitrogens with one attached hydrogen (secondary N) is 1. The summed E-state index contributed by atoms with van der Waals surface area (Å²) in [4.78, 5) is 0. The molecule has 110 valence electrons. The Bertz CT molecular complexity index is 497. The summed E-state index contributed by atoms with van der Waals surface area (Å²) in [5.41, 5.74) is 0.809. The summed E-state index contributed by atoms with van der Waals surface area (Å²) in [6.07, 6.45) is 3.25. The maximum absolute atomic E-state index is 15.1. The quantitative estimate of drug-likeness (QED) is 0.921. The van der Waals surface area contributed by atoms with Crippen molar-refractivity contribution < 1.29 is 9.13 Å². The van der Waals surface area contributed by atoms with Gasteiger partial charge in [0.05, 0.1) is 6.61 Å². The van der Waals surface area contributed by atoms with Crippen LogP contribution < -0.4 is 10.1 Å². The number of piperidine rings is 1. The summed E-state index contributed by atoms with van der Waals surface area (Å²) >= 11 is 6.15. The van der Waals surface area contributed by atoms with Crippen molar-refractivity contribution in [2.24, 2.45) is 5.92 Å². The molecule has 0 spiro atoms. The van der Waals surface area contributed by atoms with Crippen molar-refractivity contribution in [2.75, 3.05) is 19.7 Å². The zero-order chi connectivity index (χ0) is 14.2. The van der Waals surface area contributed by atoms with Crippen molar-refractivity contribution in [3.8, 4) is 5.75 Å². The van der Waals surface area contributed by atoms with Gasteiger partial charge in [0.2, 0.25) is 0 Å². The smallest absolute Gasteiger partial charge is 0.126 e. The lowest BCUT2D eigenvalue weighted by atomic mass is 9.80. The summed E-state index contributed by atoms with van der Waals surface area (Å²) in [7, 11) is 0. The summed E-state index contributed by atoms with van der Waals surface area (Å²) in [5, 5.41) is 3.98. The maximum Gasteiger partial charge on any atom is 0.126 e. The molecule has 0 saturated carbocycles. The Labute approximate surface area is 124 Å². The van der Waals surface area contributed by atoms with Crippen LogP contribution in [0.15, 0.2) is 12.1 Å². The number of alkyl halides is 1. The van der Waals surface area contributed by atoms with Crippen LogP contribution in [0.2, 0.25) is 5.02 Å². The van der Waals surface area contributed by atoms with Crippen LogP contribution >= 0.6 is 11.6 Å². The van der Waals surface area contributed by atoms with E-state index in [-0.39, 0.29) is 5.92 Å². The van der Waals surface area contributed by atoms with Crippen molar-refractivity contribution in [1.29, 1.82) is 0 Å². The van der Waals surface area contributed by atoms with Gasteiger partial charge in [-0.05, 0) is 49.6 Å². The largest absolute Gasteiger partial charge is 0.493 e. The summed E-state index contributed by atoms with van der Waals surface area (Å²) in [5.74, 6) is 0.925. The van der Waals surface area contributed by atoms with Gasteiger partial charge in [0.1, 0.15) is 11.4 Å². The molecule has 1 saturated heterocycles. The third-order valence-electron chi connectivity index (χ3n) is 4.51. The second kappa shape index (κ2) is 5.53. The minimum Gasteiger partial charge on any atom is -0.493 e. The Morgan fingerprint density at radius 3 is 3.10 bits per heavy atom. The van der Waals surface area contributed by atoms with Gasteiger partial charge >= 0.3 is 0 Å². The lowest BCUT2D eigenvalue weighted by Gasteiger charge is -2.34. The van der Waals surface area contributed by atoms with Gasteiger partial charge in [-0.2, -0.15) is 0 Å². The minimum absolute atomic E-state index is 0.0623. The SMILES string of the molecule is CC(F)(Cc1cc(Cl)cc2c1OCC2)C1CCCNC1. The van der Waals surface area contributed by atoms with Crippen molar-refractivity contribution in [3.63, 3.8) is 0 Å². The number of hydrogen-bond donors (Lipinski definition) is 1. The van der Waals surface area contributed by atoms with Gasteiger partial charge in [0.15, 0.2) is 0 Å². The molecule has 2 atom stereocenters. The second-order valence-corrected chi connectivity index (χ2v) is 6.59. The molecule has 2 unspecified atom stereocenters. The van der Waals surface area contributed by atoms with Crippen LogP contribution in [0.4, 0.5) is 4.39 Å². The molecule has 4 heteroatoms. The standard InChI is InChI=1S/C16H21ClFNO/c1-16(18,13-3-2-5-19-10-13)9-12-8-14(17)7-11-4-6-20-15(11)12/h7-8,13,19H,2-6,9-10H2,1H3. The van der Waals surface area contributed by atoms with Crippen molar-refractivity contribution >= 4 is 11.6 Å². The maximum atomic E-state index is 15.1. The lowest BCUT2D eigenvalue weighted by Crippen LogP contribution is -2.42. The van der Waals surface area contributed by atoms with E-state index in [1.54, 1.807) is 6.92 Å². The molecule has 1 N–H and O–H groups in total. The molecule has 3 rings (SSSR count). The van der Waals surface area contributed by atoms with E-state index in [4.69, 9.17) is 16.3 Å². The van der Waals surface area contributed by atoms with E-state index in [9.17, 15) is 0 Å². The summed E-state index contributed by atoms with van der Waals surface area (Å²) in [6.45, 7) is 4.16. The number of ether oxygens (including phenoxy) is 1. The predicted octanol–water partition coefficient (Wildman–Crippen LogP) is 3.55. The third kappa shape index (κ3) is 2.79. The molecule has 20 heavy (non-hydrogen) atoms. The number of rotatable bonds is 3. The van der Waals surface area contributed by atoms with E-state index in [1.165, 1.54) is 0 Å². The zero-order valence-corrected chi connectivity index (χ0v) is 12.6. The van der Waals surface area contributed by atoms with Crippen LogP contribution in [0, 0.1) is 5.92 Å². The van der Waals surface area contributed by atoms with Gasteiger partial charge in [-0.3, -0.25) is 0 Å². The van der Waals surface area contributed by atoms with Crippen molar-refractivity contribution in [3.05, 3.63) is 28.3 Å². The highest BCUT2D eigenvalue weighted by Gasteiger charge is 2.36. The fourth-order valence-electron chi connectivity index (χ4n) is 3.36. The molecule has 1 fully saturated rings. The lowest BCUT2D eigenvalue weighted by molar-refractivity contribution is 0.0826. The first-order valence-corrected chi connectivity index (χ1v) is 7.78. The van der Waals surface area contributed by atoms with Crippen LogP contribution in [0.1, 0.15) is 30.9 Å². The topological polar surface area (TPSA) is 21.3 Å². The number of hydrogen-bond acceptors (Lipinski definition) is 2. The molecule has 0 amide bonds. The second-order valence-electron chi connectivity index (χ2n) is 6.15. The van der Waals surface area contributed by atoms with Crippen LogP contribution in [0.3, 0.4) is 0 Å². The fourth-order valence-corrected chi connectivity index (χ4v) is 3.62. The number of benzene rings is 1. The first-order chi connectivity index (χ1) is 9.56. The van der Waals surface area contributed by atoms with Crippen molar-refractivity contribution in [2.45, 2.75) is 38.3 Å². The molecule has 2 aliphatic heterocycles. The van der Waals surface area contributed by atoms with Gasteiger partial charge < -0.3 is 10.1 Å². The van der Waals surface area contributed by atoms with E-state index < -0.39 is 5.67 Å². The highest BCUT2D eigenvalue weighted by atomic mass is 35.5. The highest BCUT2D eigenvalue weighted by molar-refractivity contribution is 6.30. The number of fused-ring (bicyclic) bond motifs is 1. The summed E-state index contributed by atoms with van der Waals surface area (Å²) < 4.78 is 20.8. The Morgan fingerprint density at radius 2 is 2.35 bits per heavy atom. The Balaban J connectivity index is 1.83. The van der Waals surface area contributed by atoms with Crippen LogP contribution in [-0.4, -0.2) is 25.4 Å². The molecule has 1 aromatic carbocycles. The molecule has 0 aromatic heterocycles.